The number of aromatic nitrogens is 2. The molecule has 2 heterocycles. The van der Waals surface area contributed by atoms with Crippen LogP contribution < -0.4 is 16.2 Å². The molecule has 0 spiro atoms. The van der Waals surface area contributed by atoms with Crippen molar-refractivity contribution in [3.8, 4) is 11.3 Å². The molecular weight excluding hydrogens is 542 g/mol. The Kier molecular flexibility index (Phi) is 9.01. The van der Waals surface area contributed by atoms with E-state index in [9.17, 15) is 14.4 Å². The largest absolute Gasteiger partial charge is 0.378 e. The Bertz CT molecular complexity index is 1530. The first-order chi connectivity index (χ1) is 20.5. The number of amides is 2. The summed E-state index contributed by atoms with van der Waals surface area (Å²) in [6.45, 7) is 11.1. The van der Waals surface area contributed by atoms with E-state index in [1.54, 1.807) is 42.4 Å². The van der Waals surface area contributed by atoms with Gasteiger partial charge in [0.2, 0.25) is 5.91 Å². The molecule has 43 heavy (non-hydrogen) atoms. The number of hydrogen-bond donors (Lipinski definition) is 2. The van der Waals surface area contributed by atoms with Gasteiger partial charge in [-0.2, -0.15) is 0 Å². The van der Waals surface area contributed by atoms with Crippen molar-refractivity contribution in [2.45, 2.75) is 53.4 Å². The van der Waals surface area contributed by atoms with E-state index in [4.69, 9.17) is 4.74 Å². The number of nitrogens with zero attached hydrogens (tertiary/aromatic N) is 3. The number of anilines is 3. The monoisotopic (exact) mass is 585 g/mol. The highest BCUT2D eigenvalue weighted by Crippen LogP contribution is 2.40. The van der Waals surface area contributed by atoms with Crippen molar-refractivity contribution in [2.24, 2.45) is 24.3 Å². The number of rotatable bonds is 6. The Labute approximate surface area is 253 Å². The topological polar surface area (TPSA) is 106 Å². The summed E-state index contributed by atoms with van der Waals surface area (Å²) in [6.07, 6.45) is 5.67. The molecule has 0 bridgehead atoms. The van der Waals surface area contributed by atoms with Gasteiger partial charge in [-0.15, -0.1) is 0 Å². The van der Waals surface area contributed by atoms with Gasteiger partial charge in [-0.05, 0) is 79.8 Å². The minimum atomic E-state index is -0.273. The van der Waals surface area contributed by atoms with E-state index in [2.05, 4.69) is 36.4 Å². The van der Waals surface area contributed by atoms with E-state index < -0.39 is 0 Å². The minimum Gasteiger partial charge on any atom is -0.378 e. The molecular formula is C34H43N5O4. The third kappa shape index (κ3) is 6.99. The van der Waals surface area contributed by atoms with Crippen LogP contribution in [0.4, 0.5) is 17.2 Å². The van der Waals surface area contributed by atoms with Crippen LogP contribution >= 0.6 is 0 Å². The van der Waals surface area contributed by atoms with Gasteiger partial charge >= 0.3 is 0 Å². The van der Waals surface area contributed by atoms with Gasteiger partial charge in [-0.25, -0.2) is 4.98 Å². The maximum atomic E-state index is 13.2. The maximum Gasteiger partial charge on any atom is 0.293 e. The van der Waals surface area contributed by atoms with Crippen molar-refractivity contribution >= 4 is 29.0 Å². The van der Waals surface area contributed by atoms with Gasteiger partial charge in [0.05, 0.1) is 18.9 Å². The second-order valence-electron chi connectivity index (χ2n) is 12.9. The van der Waals surface area contributed by atoms with Crippen LogP contribution in [0.5, 0.6) is 0 Å². The zero-order chi connectivity index (χ0) is 30.7. The number of hydrogen-bond acceptors (Lipinski definition) is 6. The second-order valence-corrected chi connectivity index (χ2v) is 12.9. The highest BCUT2D eigenvalue weighted by Gasteiger charge is 2.32. The predicted molar refractivity (Wildman–Crippen MR) is 170 cm³/mol. The van der Waals surface area contributed by atoms with E-state index in [0.717, 1.165) is 42.5 Å². The van der Waals surface area contributed by atoms with Crippen LogP contribution in [-0.4, -0.2) is 52.6 Å². The lowest BCUT2D eigenvalue weighted by Crippen LogP contribution is -2.40. The number of benzene rings is 2. The van der Waals surface area contributed by atoms with Crippen molar-refractivity contribution in [3.05, 3.63) is 70.1 Å². The molecule has 1 saturated carbocycles. The van der Waals surface area contributed by atoms with Crippen molar-refractivity contribution in [1.82, 2.24) is 14.5 Å². The number of nitrogens with one attached hydrogen (secondary N) is 2. The molecule has 1 aromatic heterocycles. The highest BCUT2D eigenvalue weighted by molar-refractivity contribution is 5.95. The lowest BCUT2D eigenvalue weighted by Gasteiger charge is -2.36. The quantitative estimate of drug-likeness (QED) is 0.381. The Morgan fingerprint density at radius 1 is 0.977 bits per heavy atom. The molecule has 3 aromatic rings. The van der Waals surface area contributed by atoms with Gasteiger partial charge in [0.1, 0.15) is 0 Å². The third-order valence-electron chi connectivity index (χ3n) is 8.95. The van der Waals surface area contributed by atoms with Gasteiger partial charge in [0.15, 0.2) is 5.82 Å². The third-order valence-corrected chi connectivity index (χ3v) is 8.95. The summed E-state index contributed by atoms with van der Waals surface area (Å²) in [5.41, 5.74) is 4.33. The molecule has 1 aliphatic heterocycles. The SMILES string of the molecule is Cc1c(NC(=O)C2CCC(C(C)(C)C)CC2)cccc1-c1cn(C)c(=O)c(Nc2ccc(C(=O)N3CCOCC3)cc2)n1. The summed E-state index contributed by atoms with van der Waals surface area (Å²) in [4.78, 5) is 45.5. The molecule has 9 nitrogen and oxygen atoms in total. The second kappa shape index (κ2) is 12.7. The predicted octanol–water partition coefficient (Wildman–Crippen LogP) is 5.76. The number of carbonyl (C=O) groups excluding carboxylic acids is 2. The van der Waals surface area contributed by atoms with E-state index in [0.29, 0.717) is 49.2 Å². The molecule has 2 fully saturated rings. The molecule has 0 unspecified atom stereocenters. The highest BCUT2D eigenvalue weighted by atomic mass is 16.5. The van der Waals surface area contributed by atoms with Gasteiger partial charge in [0, 0.05) is 54.8 Å². The fraction of sp³-hybridized carbons (Fsp3) is 0.471. The summed E-state index contributed by atoms with van der Waals surface area (Å²) in [5.74, 6) is 0.876. The molecule has 1 aliphatic carbocycles. The fourth-order valence-electron chi connectivity index (χ4n) is 6.10. The Morgan fingerprint density at radius 2 is 1.65 bits per heavy atom. The van der Waals surface area contributed by atoms with Crippen molar-refractivity contribution in [3.63, 3.8) is 0 Å². The molecule has 2 aromatic carbocycles. The molecule has 2 amide bonds. The molecule has 1 saturated heterocycles. The molecule has 0 radical (unpaired) electrons. The van der Waals surface area contributed by atoms with Crippen LogP contribution in [-0.2, 0) is 16.6 Å². The Balaban J connectivity index is 1.31. The fourth-order valence-corrected chi connectivity index (χ4v) is 6.10. The van der Waals surface area contributed by atoms with E-state index in [1.165, 1.54) is 4.57 Å². The van der Waals surface area contributed by atoms with Crippen LogP contribution in [0.3, 0.4) is 0 Å². The van der Waals surface area contributed by atoms with E-state index in [1.807, 2.05) is 25.1 Å². The first kappa shape index (κ1) is 30.5. The maximum absolute atomic E-state index is 13.2. The molecule has 228 valence electrons. The van der Waals surface area contributed by atoms with E-state index >= 15 is 0 Å². The standard InChI is InChI=1S/C34H43N5O4/c1-22-27(7-6-8-28(22)37-31(40)23-9-13-25(14-10-23)34(2,3)4)29-21-38(5)33(42)30(36-29)35-26-15-11-24(12-16-26)32(41)39-17-19-43-20-18-39/h6-8,11-12,15-16,21,23,25H,9-10,13-14,17-20H2,1-5H3,(H,35,36)(H,37,40). The molecule has 2 aliphatic rings. The summed E-state index contributed by atoms with van der Waals surface area (Å²) < 4.78 is 6.84. The number of morpholine rings is 1. The van der Waals surface area contributed by atoms with Crippen LogP contribution in [0.25, 0.3) is 11.3 Å². The van der Waals surface area contributed by atoms with Crippen LogP contribution in [0, 0.1) is 24.2 Å². The van der Waals surface area contributed by atoms with E-state index in [-0.39, 0.29) is 34.5 Å². The number of carbonyl (C=O) groups is 2. The molecule has 9 heteroatoms. The Morgan fingerprint density at radius 3 is 2.30 bits per heavy atom. The smallest absolute Gasteiger partial charge is 0.293 e. The first-order valence-corrected chi connectivity index (χ1v) is 15.2. The minimum absolute atomic E-state index is 0.0173. The van der Waals surface area contributed by atoms with Gasteiger partial charge < -0.3 is 24.8 Å². The Hall–Kier alpha value is -3.98. The lowest BCUT2D eigenvalue weighted by molar-refractivity contribution is -0.121. The van der Waals surface area contributed by atoms with Crippen molar-refractivity contribution < 1.29 is 14.3 Å². The summed E-state index contributed by atoms with van der Waals surface area (Å²) in [6, 6.07) is 12.8. The summed E-state index contributed by atoms with van der Waals surface area (Å²) in [7, 11) is 1.69. The van der Waals surface area contributed by atoms with Gasteiger partial charge in [-0.1, -0.05) is 32.9 Å². The first-order valence-electron chi connectivity index (χ1n) is 15.2. The van der Waals surface area contributed by atoms with Crippen LogP contribution in [0.15, 0.2) is 53.5 Å². The summed E-state index contributed by atoms with van der Waals surface area (Å²) in [5, 5.41) is 6.31. The number of aryl methyl sites for hydroxylation is 1. The normalized spacial score (nSPS) is 19.1. The zero-order valence-electron chi connectivity index (χ0n) is 25.9. The number of ether oxygens (including phenoxy) is 1. The van der Waals surface area contributed by atoms with Crippen molar-refractivity contribution in [2.75, 3.05) is 36.9 Å². The molecule has 5 rings (SSSR count). The van der Waals surface area contributed by atoms with Crippen LogP contribution in [0.1, 0.15) is 62.4 Å². The van der Waals surface area contributed by atoms with Gasteiger partial charge in [-0.3, -0.25) is 14.4 Å². The zero-order valence-corrected chi connectivity index (χ0v) is 25.9. The van der Waals surface area contributed by atoms with Crippen LogP contribution in [0.2, 0.25) is 0 Å². The molecule has 2 N–H and O–H groups in total. The average Bonchev–Trinajstić information content (AvgIpc) is 3.00. The summed E-state index contributed by atoms with van der Waals surface area (Å²) >= 11 is 0. The lowest BCUT2D eigenvalue weighted by atomic mass is 9.69. The molecule has 0 atom stereocenters. The van der Waals surface area contributed by atoms with Gasteiger partial charge in [0.25, 0.3) is 11.5 Å². The van der Waals surface area contributed by atoms with Crippen molar-refractivity contribution in [1.29, 1.82) is 0 Å². The average molecular weight is 586 g/mol.